The molecule has 1 aromatic heterocycles. The molecule has 1 aromatic carbocycles. The number of carbonyl (C=O) groups is 1. The number of benzene rings is 1. The fourth-order valence-corrected chi connectivity index (χ4v) is 2.88. The fraction of sp³-hybridized carbons (Fsp3) is 0.421. The number of aryl methyl sites for hydroxylation is 1. The average molecular weight is 339 g/mol. The summed E-state index contributed by atoms with van der Waals surface area (Å²) in [6, 6.07) is 10.5. The molecule has 2 heterocycles. The van der Waals surface area contributed by atoms with Gasteiger partial charge in [0.2, 0.25) is 0 Å². The van der Waals surface area contributed by atoms with Crippen molar-refractivity contribution in [1.29, 1.82) is 0 Å². The van der Waals surface area contributed by atoms with Crippen LogP contribution >= 0.6 is 0 Å². The second-order valence-electron chi connectivity index (χ2n) is 6.71. The van der Waals surface area contributed by atoms with Crippen LogP contribution in [0.15, 0.2) is 36.7 Å². The number of piperazine rings is 1. The molecule has 1 fully saturated rings. The normalized spacial score (nSPS) is 14.7. The van der Waals surface area contributed by atoms with E-state index in [1.807, 2.05) is 24.8 Å². The summed E-state index contributed by atoms with van der Waals surface area (Å²) in [5, 5.41) is 2.95. The summed E-state index contributed by atoms with van der Waals surface area (Å²) in [6.45, 7) is 8.96. The van der Waals surface area contributed by atoms with Crippen molar-refractivity contribution in [3.05, 3.63) is 42.2 Å². The zero-order valence-electron chi connectivity index (χ0n) is 15.1. The summed E-state index contributed by atoms with van der Waals surface area (Å²) in [6.07, 6.45) is 1.61. The molecule has 0 unspecified atom stereocenters. The van der Waals surface area contributed by atoms with Gasteiger partial charge in [0.25, 0.3) is 0 Å². The van der Waals surface area contributed by atoms with Gasteiger partial charge in [0.1, 0.15) is 12.1 Å². The number of hydrogen-bond donors (Lipinski definition) is 1. The lowest BCUT2D eigenvalue weighted by Gasteiger charge is -2.35. The van der Waals surface area contributed by atoms with Gasteiger partial charge in [-0.25, -0.2) is 14.8 Å². The molecule has 0 radical (unpaired) electrons. The number of anilines is 1. The van der Waals surface area contributed by atoms with E-state index < -0.39 is 0 Å². The third kappa shape index (κ3) is 4.26. The predicted octanol–water partition coefficient (Wildman–Crippen LogP) is 2.69. The second-order valence-corrected chi connectivity index (χ2v) is 6.71. The molecule has 2 amide bonds. The highest BCUT2D eigenvalue weighted by molar-refractivity contribution is 5.74. The first-order chi connectivity index (χ1) is 12.0. The van der Waals surface area contributed by atoms with Crippen molar-refractivity contribution in [2.24, 2.45) is 0 Å². The molecule has 1 aliphatic heterocycles. The molecule has 6 nitrogen and oxygen atoms in total. The van der Waals surface area contributed by atoms with Crippen molar-refractivity contribution in [2.75, 3.05) is 31.1 Å². The number of amides is 2. The molecule has 132 valence electrons. The first kappa shape index (κ1) is 17.2. The molecule has 25 heavy (non-hydrogen) atoms. The van der Waals surface area contributed by atoms with Crippen molar-refractivity contribution in [1.82, 2.24) is 20.2 Å². The predicted molar refractivity (Wildman–Crippen MR) is 99.7 cm³/mol. The number of rotatable bonds is 3. The first-order valence-electron chi connectivity index (χ1n) is 8.72. The topological polar surface area (TPSA) is 61.4 Å². The van der Waals surface area contributed by atoms with Crippen molar-refractivity contribution >= 4 is 11.8 Å². The van der Waals surface area contributed by atoms with Crippen LogP contribution in [-0.2, 0) is 0 Å². The maximum absolute atomic E-state index is 12.1. The summed E-state index contributed by atoms with van der Waals surface area (Å²) >= 11 is 0. The third-order valence-corrected chi connectivity index (χ3v) is 4.30. The van der Waals surface area contributed by atoms with Crippen LogP contribution in [0.1, 0.15) is 19.4 Å². The summed E-state index contributed by atoms with van der Waals surface area (Å²) in [5.74, 6) is 0.912. The number of nitrogens with one attached hydrogen (secondary N) is 1. The van der Waals surface area contributed by atoms with Crippen LogP contribution in [0, 0.1) is 6.92 Å². The lowest BCUT2D eigenvalue weighted by atomic mass is 10.1. The maximum atomic E-state index is 12.1. The Labute approximate surface area is 148 Å². The Morgan fingerprint density at radius 3 is 2.40 bits per heavy atom. The van der Waals surface area contributed by atoms with Gasteiger partial charge in [0, 0.05) is 43.9 Å². The van der Waals surface area contributed by atoms with Crippen molar-refractivity contribution in [3.63, 3.8) is 0 Å². The molecule has 1 N–H and O–H groups in total. The number of nitrogens with zero attached hydrogens (tertiary/aromatic N) is 4. The molecule has 0 bridgehead atoms. The number of carbonyl (C=O) groups excluding carboxylic acids is 1. The van der Waals surface area contributed by atoms with E-state index in [-0.39, 0.29) is 12.1 Å². The quantitative estimate of drug-likeness (QED) is 0.934. The molecular formula is C19H25N5O. The van der Waals surface area contributed by atoms with Gasteiger partial charge in [-0.15, -0.1) is 0 Å². The SMILES string of the molecule is Cc1ccc(-c2cc(N3CCN(C(=O)NC(C)C)CC3)ncn2)cc1. The molecule has 1 saturated heterocycles. The summed E-state index contributed by atoms with van der Waals surface area (Å²) in [7, 11) is 0. The number of hydrogen-bond acceptors (Lipinski definition) is 4. The van der Waals surface area contributed by atoms with Crippen LogP contribution in [0.5, 0.6) is 0 Å². The summed E-state index contributed by atoms with van der Waals surface area (Å²) < 4.78 is 0. The molecule has 6 heteroatoms. The Bertz CT molecular complexity index is 721. The largest absolute Gasteiger partial charge is 0.353 e. The molecule has 0 saturated carbocycles. The van der Waals surface area contributed by atoms with E-state index in [0.29, 0.717) is 13.1 Å². The highest BCUT2D eigenvalue weighted by Gasteiger charge is 2.22. The highest BCUT2D eigenvalue weighted by atomic mass is 16.2. The van der Waals surface area contributed by atoms with Gasteiger partial charge in [-0.05, 0) is 20.8 Å². The van der Waals surface area contributed by atoms with Crippen LogP contribution in [0.4, 0.5) is 10.6 Å². The summed E-state index contributed by atoms with van der Waals surface area (Å²) in [4.78, 5) is 25.0. The second kappa shape index (κ2) is 7.51. The van der Waals surface area contributed by atoms with Gasteiger partial charge >= 0.3 is 6.03 Å². The molecule has 0 spiro atoms. The summed E-state index contributed by atoms with van der Waals surface area (Å²) in [5.41, 5.74) is 3.24. The van der Waals surface area contributed by atoms with Gasteiger partial charge < -0.3 is 15.1 Å². The third-order valence-electron chi connectivity index (χ3n) is 4.30. The van der Waals surface area contributed by atoms with Gasteiger partial charge in [-0.2, -0.15) is 0 Å². The number of urea groups is 1. The Morgan fingerprint density at radius 2 is 1.76 bits per heavy atom. The van der Waals surface area contributed by atoms with Crippen LogP contribution in [0.3, 0.4) is 0 Å². The van der Waals surface area contributed by atoms with E-state index >= 15 is 0 Å². The van der Waals surface area contributed by atoms with Gasteiger partial charge in [0.05, 0.1) is 5.69 Å². The van der Waals surface area contributed by atoms with Gasteiger partial charge in [-0.1, -0.05) is 29.8 Å². The van der Waals surface area contributed by atoms with Crippen LogP contribution in [0.25, 0.3) is 11.3 Å². The van der Waals surface area contributed by atoms with Crippen LogP contribution in [-0.4, -0.2) is 53.1 Å². The van der Waals surface area contributed by atoms with Crippen molar-refractivity contribution in [2.45, 2.75) is 26.8 Å². The molecular weight excluding hydrogens is 314 g/mol. The molecule has 1 aliphatic rings. The first-order valence-corrected chi connectivity index (χ1v) is 8.72. The Hall–Kier alpha value is -2.63. The lowest BCUT2D eigenvalue weighted by Crippen LogP contribution is -2.53. The standard InChI is InChI=1S/C19H25N5O/c1-14(2)22-19(25)24-10-8-23(9-11-24)18-12-17(20-13-21-18)16-6-4-15(3)5-7-16/h4-7,12-14H,8-11H2,1-3H3,(H,22,25). The lowest BCUT2D eigenvalue weighted by molar-refractivity contribution is 0.191. The monoisotopic (exact) mass is 339 g/mol. The van der Waals surface area contributed by atoms with Gasteiger partial charge in [-0.3, -0.25) is 0 Å². The van der Waals surface area contributed by atoms with Crippen LogP contribution in [0.2, 0.25) is 0 Å². The van der Waals surface area contributed by atoms with E-state index in [1.54, 1.807) is 6.33 Å². The minimum absolute atomic E-state index is 0.0117. The van der Waals surface area contributed by atoms with E-state index in [2.05, 4.69) is 51.4 Å². The fourth-order valence-electron chi connectivity index (χ4n) is 2.88. The molecule has 0 aliphatic carbocycles. The average Bonchev–Trinajstić information content (AvgIpc) is 2.62. The van der Waals surface area contributed by atoms with E-state index in [0.717, 1.165) is 30.2 Å². The zero-order valence-corrected chi connectivity index (χ0v) is 15.1. The smallest absolute Gasteiger partial charge is 0.317 e. The Morgan fingerprint density at radius 1 is 1.08 bits per heavy atom. The highest BCUT2D eigenvalue weighted by Crippen LogP contribution is 2.22. The molecule has 0 atom stereocenters. The minimum atomic E-state index is 0.0117. The van der Waals surface area contributed by atoms with Crippen LogP contribution < -0.4 is 10.2 Å². The Balaban J connectivity index is 1.67. The van der Waals surface area contributed by atoms with Crippen molar-refractivity contribution in [3.8, 4) is 11.3 Å². The van der Waals surface area contributed by atoms with E-state index in [4.69, 9.17) is 0 Å². The zero-order chi connectivity index (χ0) is 17.8. The Kier molecular flexibility index (Phi) is 5.16. The maximum Gasteiger partial charge on any atom is 0.317 e. The van der Waals surface area contributed by atoms with E-state index in [1.165, 1.54) is 5.56 Å². The molecule has 2 aromatic rings. The van der Waals surface area contributed by atoms with Gasteiger partial charge in [0.15, 0.2) is 0 Å². The number of aromatic nitrogens is 2. The molecule has 3 rings (SSSR count). The van der Waals surface area contributed by atoms with Crippen molar-refractivity contribution < 1.29 is 4.79 Å². The minimum Gasteiger partial charge on any atom is -0.353 e. The van der Waals surface area contributed by atoms with E-state index in [9.17, 15) is 4.79 Å².